The normalized spacial score (nSPS) is 12.7. The molecular formula is C9H9ClN2O3. The van der Waals surface area contributed by atoms with Gasteiger partial charge in [0.25, 0.3) is 0 Å². The van der Waals surface area contributed by atoms with Gasteiger partial charge >= 0.3 is 6.09 Å². The molecule has 0 aliphatic heterocycles. The minimum Gasteiger partial charge on any atom is -0.464 e. The number of hydrazone groups is 1. The minimum absolute atomic E-state index is 0.562. The Labute approximate surface area is 91.0 Å². The maximum absolute atomic E-state index is 10.0. The van der Waals surface area contributed by atoms with E-state index in [4.69, 9.17) is 16.7 Å². The molecule has 0 fully saturated rings. The van der Waals surface area contributed by atoms with Crippen LogP contribution in [0.4, 0.5) is 4.79 Å². The number of aliphatic hydroxyl groups excluding tert-OH is 1. The predicted molar refractivity (Wildman–Crippen MR) is 56.1 cm³/mol. The Morgan fingerprint density at radius 3 is 2.60 bits per heavy atom. The van der Waals surface area contributed by atoms with Crippen molar-refractivity contribution >= 4 is 23.9 Å². The molecule has 0 radical (unpaired) electrons. The van der Waals surface area contributed by atoms with E-state index in [-0.39, 0.29) is 0 Å². The number of nitrogens with zero attached hydrogens (tertiary/aromatic N) is 1. The number of hydrogen-bond acceptors (Lipinski definition) is 3. The summed E-state index contributed by atoms with van der Waals surface area (Å²) in [4.78, 5) is 10.0. The smallest absolute Gasteiger partial charge is 0.425 e. The largest absolute Gasteiger partial charge is 0.464 e. The Hall–Kier alpha value is -1.59. The molecule has 0 aromatic heterocycles. The summed E-state index contributed by atoms with van der Waals surface area (Å²) in [6.45, 7) is 0. The van der Waals surface area contributed by atoms with Gasteiger partial charge in [0.15, 0.2) is 0 Å². The lowest BCUT2D eigenvalue weighted by Crippen LogP contribution is -2.14. The average molecular weight is 229 g/mol. The van der Waals surface area contributed by atoms with E-state index in [1.54, 1.807) is 29.7 Å². The molecule has 1 rings (SSSR count). The van der Waals surface area contributed by atoms with E-state index in [2.05, 4.69) is 5.10 Å². The van der Waals surface area contributed by atoms with Crippen molar-refractivity contribution in [1.29, 1.82) is 0 Å². The Morgan fingerprint density at radius 1 is 1.47 bits per heavy atom. The first kappa shape index (κ1) is 11.5. The zero-order valence-electron chi connectivity index (χ0n) is 7.59. The van der Waals surface area contributed by atoms with Crippen LogP contribution in [0, 0.1) is 0 Å². The molecule has 6 heteroatoms. The van der Waals surface area contributed by atoms with E-state index in [0.29, 0.717) is 10.6 Å². The highest BCUT2D eigenvalue weighted by Crippen LogP contribution is 2.14. The van der Waals surface area contributed by atoms with Gasteiger partial charge in [0.2, 0.25) is 0 Å². The lowest BCUT2D eigenvalue weighted by molar-refractivity contribution is 0.194. The molecule has 1 unspecified atom stereocenters. The third-order valence-corrected chi connectivity index (χ3v) is 1.84. The van der Waals surface area contributed by atoms with Crippen molar-refractivity contribution < 1.29 is 15.0 Å². The van der Waals surface area contributed by atoms with Crippen LogP contribution in [-0.2, 0) is 0 Å². The predicted octanol–water partition coefficient (Wildman–Crippen LogP) is 1.63. The first-order chi connectivity index (χ1) is 7.09. The summed E-state index contributed by atoms with van der Waals surface area (Å²) in [5.74, 6) is 0. The van der Waals surface area contributed by atoms with Crippen LogP contribution in [0.5, 0.6) is 0 Å². The maximum Gasteiger partial charge on any atom is 0.425 e. The van der Waals surface area contributed by atoms with Crippen LogP contribution in [0.2, 0.25) is 5.02 Å². The van der Waals surface area contributed by atoms with Gasteiger partial charge in [-0.2, -0.15) is 5.10 Å². The first-order valence-electron chi connectivity index (χ1n) is 4.05. The zero-order chi connectivity index (χ0) is 11.3. The third-order valence-electron chi connectivity index (χ3n) is 1.59. The lowest BCUT2D eigenvalue weighted by atomic mass is 10.1. The summed E-state index contributed by atoms with van der Waals surface area (Å²) in [5, 5.41) is 21.6. The van der Waals surface area contributed by atoms with Crippen molar-refractivity contribution in [3.8, 4) is 0 Å². The number of nitrogens with one attached hydrogen (secondary N) is 1. The molecule has 80 valence electrons. The van der Waals surface area contributed by atoms with Crippen molar-refractivity contribution in [3.63, 3.8) is 0 Å². The summed E-state index contributed by atoms with van der Waals surface area (Å²) in [5.41, 5.74) is 2.34. The van der Waals surface area contributed by atoms with Gasteiger partial charge in [-0.1, -0.05) is 23.7 Å². The Kier molecular flexibility index (Phi) is 4.08. The molecular weight excluding hydrogens is 220 g/mol. The number of hydrogen-bond donors (Lipinski definition) is 3. The second kappa shape index (κ2) is 5.33. The van der Waals surface area contributed by atoms with E-state index in [1.165, 1.54) is 0 Å². The van der Waals surface area contributed by atoms with Gasteiger partial charge in [-0.25, -0.2) is 10.2 Å². The standard InChI is InChI=1S/C9H9ClN2O3/c10-7-3-1-6(2-4-7)8(13)5-11-12-9(14)15/h1-5,8,12-13H,(H,14,15). The van der Waals surface area contributed by atoms with Crippen LogP contribution >= 0.6 is 11.6 Å². The van der Waals surface area contributed by atoms with E-state index in [0.717, 1.165) is 6.21 Å². The molecule has 0 aliphatic rings. The summed E-state index contributed by atoms with van der Waals surface area (Å²) < 4.78 is 0. The summed E-state index contributed by atoms with van der Waals surface area (Å²) in [7, 11) is 0. The fourth-order valence-electron chi connectivity index (χ4n) is 0.909. The molecule has 0 heterocycles. The van der Waals surface area contributed by atoms with Gasteiger partial charge in [-0.15, -0.1) is 0 Å². The third kappa shape index (κ3) is 3.97. The van der Waals surface area contributed by atoms with E-state index in [1.807, 2.05) is 0 Å². The molecule has 0 spiro atoms. The molecule has 15 heavy (non-hydrogen) atoms. The van der Waals surface area contributed by atoms with Crippen molar-refractivity contribution in [3.05, 3.63) is 34.9 Å². The number of carbonyl (C=O) groups is 1. The highest BCUT2D eigenvalue weighted by atomic mass is 35.5. The fourth-order valence-corrected chi connectivity index (χ4v) is 1.04. The van der Waals surface area contributed by atoms with Gasteiger partial charge in [-0.05, 0) is 17.7 Å². The highest BCUT2D eigenvalue weighted by Gasteiger charge is 2.03. The van der Waals surface area contributed by atoms with Crippen LogP contribution in [-0.4, -0.2) is 22.5 Å². The van der Waals surface area contributed by atoms with E-state index >= 15 is 0 Å². The number of carboxylic acid groups (broad SMARTS) is 1. The minimum atomic E-state index is -1.28. The zero-order valence-corrected chi connectivity index (χ0v) is 8.35. The number of benzene rings is 1. The molecule has 1 aromatic carbocycles. The number of halogens is 1. The van der Waals surface area contributed by atoms with Gasteiger partial charge < -0.3 is 10.2 Å². The molecule has 0 aliphatic carbocycles. The average Bonchev–Trinajstić information content (AvgIpc) is 2.18. The summed E-state index contributed by atoms with van der Waals surface area (Å²) in [6.07, 6.45) is -1.17. The van der Waals surface area contributed by atoms with Gasteiger partial charge in [0, 0.05) is 5.02 Å². The Balaban J connectivity index is 2.60. The van der Waals surface area contributed by atoms with Crippen molar-refractivity contribution in [1.82, 2.24) is 5.43 Å². The monoisotopic (exact) mass is 228 g/mol. The highest BCUT2D eigenvalue weighted by molar-refractivity contribution is 6.30. The number of rotatable bonds is 3. The van der Waals surface area contributed by atoms with Crippen LogP contribution in [0.3, 0.4) is 0 Å². The lowest BCUT2D eigenvalue weighted by Gasteiger charge is -2.04. The molecule has 0 saturated heterocycles. The topological polar surface area (TPSA) is 81.9 Å². The maximum atomic E-state index is 10.0. The molecule has 3 N–H and O–H groups in total. The van der Waals surface area contributed by atoms with Crippen LogP contribution in [0.1, 0.15) is 11.7 Å². The second-order valence-electron chi connectivity index (χ2n) is 2.69. The van der Waals surface area contributed by atoms with Crippen LogP contribution in [0.15, 0.2) is 29.4 Å². The quantitative estimate of drug-likeness (QED) is 0.543. The number of amides is 1. The Morgan fingerprint density at radius 2 is 2.07 bits per heavy atom. The van der Waals surface area contributed by atoms with E-state index in [9.17, 15) is 9.90 Å². The molecule has 0 saturated carbocycles. The van der Waals surface area contributed by atoms with Crippen molar-refractivity contribution in [2.45, 2.75) is 6.10 Å². The van der Waals surface area contributed by atoms with Crippen molar-refractivity contribution in [2.24, 2.45) is 5.10 Å². The van der Waals surface area contributed by atoms with Gasteiger partial charge in [0.05, 0.1) is 6.21 Å². The summed E-state index contributed by atoms with van der Waals surface area (Å²) in [6, 6.07) is 6.50. The SMILES string of the molecule is O=C(O)NN=CC(O)c1ccc(Cl)cc1. The Bertz CT molecular complexity index is 364. The second-order valence-corrected chi connectivity index (χ2v) is 3.13. The van der Waals surface area contributed by atoms with E-state index < -0.39 is 12.2 Å². The molecule has 0 bridgehead atoms. The van der Waals surface area contributed by atoms with Crippen LogP contribution in [0.25, 0.3) is 0 Å². The van der Waals surface area contributed by atoms with Crippen LogP contribution < -0.4 is 5.43 Å². The molecule has 1 aromatic rings. The fraction of sp³-hybridized carbons (Fsp3) is 0.111. The summed E-state index contributed by atoms with van der Waals surface area (Å²) >= 11 is 5.66. The van der Waals surface area contributed by atoms with Gasteiger partial charge in [0.1, 0.15) is 6.10 Å². The molecule has 5 nitrogen and oxygen atoms in total. The molecule has 1 atom stereocenters. The first-order valence-corrected chi connectivity index (χ1v) is 4.43. The molecule has 1 amide bonds. The number of aliphatic hydroxyl groups is 1. The van der Waals surface area contributed by atoms with Crippen molar-refractivity contribution in [2.75, 3.05) is 0 Å². The van der Waals surface area contributed by atoms with Gasteiger partial charge in [-0.3, -0.25) is 0 Å².